The van der Waals surface area contributed by atoms with Crippen LogP contribution in [0.2, 0.25) is 0 Å². The predicted octanol–water partition coefficient (Wildman–Crippen LogP) is 2.07. The van der Waals surface area contributed by atoms with Gasteiger partial charge in [0.25, 0.3) is 5.69 Å². The highest BCUT2D eigenvalue weighted by Crippen LogP contribution is 2.44. The van der Waals surface area contributed by atoms with E-state index in [4.69, 9.17) is 4.74 Å². The zero-order valence-corrected chi connectivity index (χ0v) is 13.3. The van der Waals surface area contributed by atoms with Gasteiger partial charge in [-0.1, -0.05) is 0 Å². The first kappa shape index (κ1) is 15.7. The van der Waals surface area contributed by atoms with Crippen molar-refractivity contribution >= 4 is 27.5 Å². The van der Waals surface area contributed by atoms with Gasteiger partial charge in [-0.05, 0) is 35.8 Å². The highest BCUT2D eigenvalue weighted by Gasteiger charge is 2.44. The van der Waals surface area contributed by atoms with E-state index in [2.05, 4.69) is 21.2 Å². The first-order valence-electron chi connectivity index (χ1n) is 6.25. The van der Waals surface area contributed by atoms with Crippen LogP contribution in [-0.4, -0.2) is 27.6 Å². The molecule has 114 valence electrons. The third-order valence-corrected chi connectivity index (χ3v) is 4.01. The number of hydrogen-bond acceptors (Lipinski definition) is 5. The van der Waals surface area contributed by atoms with Crippen molar-refractivity contribution in [3.05, 3.63) is 32.3 Å². The Labute approximate surface area is 129 Å². The zero-order chi connectivity index (χ0) is 15.9. The van der Waals surface area contributed by atoms with Crippen LogP contribution in [0.1, 0.15) is 32.4 Å². The van der Waals surface area contributed by atoms with E-state index in [1.807, 2.05) is 0 Å². The molecule has 2 rings (SSSR count). The van der Waals surface area contributed by atoms with Gasteiger partial charge in [-0.2, -0.15) is 0 Å². The van der Waals surface area contributed by atoms with Crippen molar-refractivity contribution < 1.29 is 19.6 Å². The second-order valence-corrected chi connectivity index (χ2v) is 6.28. The van der Waals surface area contributed by atoms with Crippen LogP contribution in [0, 0.1) is 10.1 Å². The molecule has 2 N–H and O–H groups in total. The van der Waals surface area contributed by atoms with Crippen LogP contribution in [-0.2, 0) is 4.79 Å². The lowest BCUT2D eigenvalue weighted by Crippen LogP contribution is -2.53. The quantitative estimate of drug-likeness (QED) is 0.622. The van der Waals surface area contributed by atoms with Crippen molar-refractivity contribution in [2.75, 3.05) is 0 Å². The number of nitrogens with one attached hydrogen (secondary N) is 1. The number of amides is 1. The summed E-state index contributed by atoms with van der Waals surface area (Å²) >= 11 is 3.13. The zero-order valence-electron chi connectivity index (χ0n) is 11.7. The molecule has 0 aromatic heterocycles. The van der Waals surface area contributed by atoms with Crippen LogP contribution in [0.15, 0.2) is 16.6 Å². The van der Waals surface area contributed by atoms with Crippen molar-refractivity contribution in [1.29, 1.82) is 0 Å². The highest BCUT2D eigenvalue weighted by molar-refractivity contribution is 9.10. The number of halogens is 1. The largest absolute Gasteiger partial charge is 0.484 e. The molecule has 0 spiro atoms. The van der Waals surface area contributed by atoms with Crippen LogP contribution in [0.25, 0.3) is 0 Å². The Bertz CT molecular complexity index is 617. The van der Waals surface area contributed by atoms with Crippen molar-refractivity contribution in [3.63, 3.8) is 0 Å². The van der Waals surface area contributed by atoms with Gasteiger partial charge in [0.1, 0.15) is 17.5 Å². The standard InChI is InChI=1S/C13H15BrN2O5/c1-6(17)15-11-7-4-8(14)9(16(19)20)5-10(7)21-13(2,3)12(11)18/h4-5,11-12,18H,1-3H3,(H,15,17)/t11-,12+/m0/s1. The lowest BCUT2D eigenvalue weighted by molar-refractivity contribution is -0.385. The number of ether oxygens (including phenoxy) is 1. The molecule has 0 unspecified atom stereocenters. The Kier molecular flexibility index (Phi) is 3.94. The number of carbonyl (C=O) groups excluding carboxylic acids is 1. The monoisotopic (exact) mass is 358 g/mol. The molecule has 0 saturated heterocycles. The lowest BCUT2D eigenvalue weighted by Gasteiger charge is -2.42. The SMILES string of the molecule is CC(=O)N[C@H]1c2cc(Br)c([N+](=O)[O-])cc2OC(C)(C)[C@@H]1O. The summed E-state index contributed by atoms with van der Waals surface area (Å²) in [4.78, 5) is 21.8. The maximum Gasteiger partial charge on any atom is 0.287 e. The Hall–Kier alpha value is -1.67. The lowest BCUT2D eigenvalue weighted by atomic mass is 9.86. The molecule has 8 heteroatoms. The van der Waals surface area contributed by atoms with E-state index >= 15 is 0 Å². The van der Waals surface area contributed by atoms with E-state index in [1.165, 1.54) is 19.1 Å². The van der Waals surface area contributed by atoms with E-state index in [9.17, 15) is 20.0 Å². The van der Waals surface area contributed by atoms with Gasteiger partial charge in [0.2, 0.25) is 5.91 Å². The smallest absolute Gasteiger partial charge is 0.287 e. The van der Waals surface area contributed by atoms with E-state index in [0.29, 0.717) is 5.56 Å². The van der Waals surface area contributed by atoms with Crippen LogP contribution in [0.4, 0.5) is 5.69 Å². The van der Waals surface area contributed by atoms with Gasteiger partial charge in [-0.3, -0.25) is 14.9 Å². The summed E-state index contributed by atoms with van der Waals surface area (Å²) in [5, 5.41) is 24.0. The summed E-state index contributed by atoms with van der Waals surface area (Å²) in [7, 11) is 0. The number of rotatable bonds is 2. The number of benzene rings is 1. The molecule has 1 aliphatic heterocycles. The Morgan fingerprint density at radius 2 is 2.14 bits per heavy atom. The fraction of sp³-hybridized carbons (Fsp3) is 0.462. The third-order valence-electron chi connectivity index (χ3n) is 3.37. The summed E-state index contributed by atoms with van der Waals surface area (Å²) in [5.74, 6) is -0.0314. The number of nitro benzene ring substituents is 1. The summed E-state index contributed by atoms with van der Waals surface area (Å²) in [6.45, 7) is 4.65. The van der Waals surface area contributed by atoms with Gasteiger partial charge in [0, 0.05) is 12.5 Å². The minimum Gasteiger partial charge on any atom is -0.484 e. The average Bonchev–Trinajstić information content (AvgIpc) is 2.34. The third kappa shape index (κ3) is 2.86. The summed E-state index contributed by atoms with van der Waals surface area (Å²) in [6.07, 6.45) is -0.984. The molecule has 0 aliphatic carbocycles. The highest BCUT2D eigenvalue weighted by atomic mass is 79.9. The molecule has 21 heavy (non-hydrogen) atoms. The molecular formula is C13H15BrN2O5. The molecular weight excluding hydrogens is 344 g/mol. The number of nitro groups is 1. The molecule has 0 saturated carbocycles. The Morgan fingerprint density at radius 3 is 2.67 bits per heavy atom. The van der Waals surface area contributed by atoms with E-state index in [1.54, 1.807) is 13.8 Å². The van der Waals surface area contributed by atoms with Crippen LogP contribution in [0.3, 0.4) is 0 Å². The summed E-state index contributed by atoms with van der Waals surface area (Å²) in [5.41, 5.74) is -0.626. The van der Waals surface area contributed by atoms with E-state index in [0.717, 1.165) is 0 Å². The number of aliphatic hydroxyl groups is 1. The molecule has 1 aromatic carbocycles. The average molecular weight is 359 g/mol. The van der Waals surface area contributed by atoms with Gasteiger partial charge in [0.15, 0.2) is 0 Å². The van der Waals surface area contributed by atoms with Crippen LogP contribution < -0.4 is 10.1 Å². The molecule has 1 amide bonds. The van der Waals surface area contributed by atoms with Crippen molar-refractivity contribution in [3.8, 4) is 5.75 Å². The van der Waals surface area contributed by atoms with Crippen molar-refractivity contribution in [1.82, 2.24) is 5.32 Å². The van der Waals surface area contributed by atoms with Crippen molar-refractivity contribution in [2.45, 2.75) is 38.5 Å². The number of fused-ring (bicyclic) bond motifs is 1. The first-order valence-corrected chi connectivity index (χ1v) is 7.05. The topological polar surface area (TPSA) is 102 Å². The molecule has 0 bridgehead atoms. The molecule has 2 atom stereocenters. The number of carbonyl (C=O) groups is 1. The summed E-state index contributed by atoms with van der Waals surface area (Å²) < 4.78 is 5.92. The Balaban J connectivity index is 2.59. The normalized spacial score (nSPS) is 22.9. The van der Waals surface area contributed by atoms with Crippen LogP contribution in [0.5, 0.6) is 5.75 Å². The molecule has 0 radical (unpaired) electrons. The first-order chi connectivity index (χ1) is 9.63. The van der Waals surface area contributed by atoms with E-state index < -0.39 is 22.7 Å². The van der Waals surface area contributed by atoms with Gasteiger partial charge in [-0.25, -0.2) is 0 Å². The number of aliphatic hydroxyl groups excluding tert-OH is 1. The van der Waals surface area contributed by atoms with Gasteiger partial charge >= 0.3 is 0 Å². The summed E-state index contributed by atoms with van der Waals surface area (Å²) in [6, 6.07) is 2.09. The van der Waals surface area contributed by atoms with Crippen LogP contribution >= 0.6 is 15.9 Å². The molecule has 1 aliphatic rings. The maximum atomic E-state index is 11.4. The van der Waals surface area contributed by atoms with E-state index in [-0.39, 0.29) is 21.8 Å². The second-order valence-electron chi connectivity index (χ2n) is 5.43. The fourth-order valence-electron chi connectivity index (χ4n) is 2.32. The number of hydrogen-bond donors (Lipinski definition) is 2. The van der Waals surface area contributed by atoms with Gasteiger partial charge in [-0.15, -0.1) is 0 Å². The Morgan fingerprint density at radius 1 is 1.52 bits per heavy atom. The maximum absolute atomic E-state index is 11.4. The van der Waals surface area contributed by atoms with Gasteiger partial charge in [0.05, 0.1) is 21.5 Å². The fourth-order valence-corrected chi connectivity index (χ4v) is 2.83. The molecule has 1 aromatic rings. The van der Waals surface area contributed by atoms with Gasteiger partial charge < -0.3 is 15.2 Å². The molecule has 7 nitrogen and oxygen atoms in total. The molecule has 1 heterocycles. The number of nitrogens with zero attached hydrogens (tertiary/aromatic N) is 1. The minimum absolute atomic E-state index is 0.137. The second kappa shape index (κ2) is 5.27. The predicted molar refractivity (Wildman–Crippen MR) is 78.1 cm³/mol. The molecule has 0 fully saturated rings. The minimum atomic E-state index is -0.984. The van der Waals surface area contributed by atoms with Crippen molar-refractivity contribution in [2.24, 2.45) is 0 Å².